The van der Waals surface area contributed by atoms with Gasteiger partial charge < -0.3 is 20.2 Å². The average molecular weight is 265 g/mol. The molecular weight excluding hydrogens is 245 g/mol. The van der Waals surface area contributed by atoms with Crippen molar-refractivity contribution >= 4 is 19.6 Å². The molecule has 5 nitrogen and oxygen atoms in total. The standard InChI is InChI=1S/C13H20BNO4/c16-7-14-15-10(11(17)18)12-2-8-1-9(3-12)5-13(19,4-8)6-12/h7-10,14-15,19H,1-6H2,(H,17,18)/t8?,9?,10-,12?,13?/m1/s1. The Morgan fingerprint density at radius 1 is 1.32 bits per heavy atom. The lowest BCUT2D eigenvalue weighted by Gasteiger charge is -2.61. The van der Waals surface area contributed by atoms with Crippen LogP contribution in [0.15, 0.2) is 0 Å². The van der Waals surface area contributed by atoms with Gasteiger partial charge in [0.05, 0.1) is 11.8 Å². The summed E-state index contributed by atoms with van der Waals surface area (Å²) < 4.78 is 0. The monoisotopic (exact) mass is 265 g/mol. The number of aliphatic hydroxyl groups is 1. The Bertz CT molecular complexity index is 399. The highest BCUT2D eigenvalue weighted by Crippen LogP contribution is 2.62. The highest BCUT2D eigenvalue weighted by Gasteiger charge is 2.60. The summed E-state index contributed by atoms with van der Waals surface area (Å²) in [5.41, 5.74) is -1.03. The summed E-state index contributed by atoms with van der Waals surface area (Å²) in [6.45, 7) is 0. The number of aliphatic carboxylic acids is 1. The van der Waals surface area contributed by atoms with Crippen molar-refractivity contribution in [1.82, 2.24) is 5.23 Å². The van der Waals surface area contributed by atoms with Crippen molar-refractivity contribution in [2.45, 2.75) is 50.2 Å². The number of nitrogens with one attached hydrogen (secondary N) is 1. The van der Waals surface area contributed by atoms with Crippen LogP contribution in [0, 0.1) is 17.3 Å². The molecule has 3 atom stereocenters. The predicted octanol–water partition coefficient (Wildman–Crippen LogP) is -0.0978. The van der Waals surface area contributed by atoms with Crippen molar-refractivity contribution in [3.05, 3.63) is 0 Å². The summed E-state index contributed by atoms with van der Waals surface area (Å²) in [5, 5.41) is 23.0. The third-order valence-corrected chi connectivity index (χ3v) is 5.34. The van der Waals surface area contributed by atoms with Crippen LogP contribution < -0.4 is 5.23 Å². The van der Waals surface area contributed by atoms with E-state index in [1.54, 1.807) is 0 Å². The molecule has 104 valence electrons. The van der Waals surface area contributed by atoms with E-state index in [1.165, 1.54) is 0 Å². The Hall–Kier alpha value is -0.875. The van der Waals surface area contributed by atoms with Crippen LogP contribution in [0.4, 0.5) is 0 Å². The molecule has 0 radical (unpaired) electrons. The van der Waals surface area contributed by atoms with Gasteiger partial charge in [0.25, 0.3) is 7.41 Å². The first kappa shape index (κ1) is 13.1. The lowest BCUT2D eigenvalue weighted by Crippen LogP contribution is -2.64. The molecule has 0 aliphatic heterocycles. The van der Waals surface area contributed by atoms with E-state index in [2.05, 4.69) is 5.23 Å². The SMILES string of the molecule is O=CBN[C@H](C(=O)O)C12CC3CC(CC(O)(C3)C1)C2. The number of hydrogen-bond acceptors (Lipinski definition) is 4. The molecule has 3 N–H and O–H groups in total. The second-order valence-electron chi connectivity index (χ2n) is 6.89. The van der Waals surface area contributed by atoms with Crippen molar-refractivity contribution in [2.24, 2.45) is 17.3 Å². The van der Waals surface area contributed by atoms with E-state index < -0.39 is 17.6 Å². The quantitative estimate of drug-likeness (QED) is 0.477. The van der Waals surface area contributed by atoms with Crippen molar-refractivity contribution in [3.63, 3.8) is 0 Å². The van der Waals surface area contributed by atoms with E-state index in [0.717, 1.165) is 32.1 Å². The van der Waals surface area contributed by atoms with E-state index in [0.29, 0.717) is 24.4 Å². The summed E-state index contributed by atoms with van der Waals surface area (Å²) in [4.78, 5) is 22.1. The van der Waals surface area contributed by atoms with Crippen molar-refractivity contribution in [3.8, 4) is 0 Å². The minimum Gasteiger partial charge on any atom is -0.480 e. The molecule has 0 aromatic heterocycles. The molecule has 0 amide bonds. The molecule has 0 saturated heterocycles. The molecule has 2 unspecified atom stereocenters. The maximum absolute atomic E-state index is 11.6. The normalized spacial score (nSPS) is 44.9. The molecule has 0 heterocycles. The van der Waals surface area contributed by atoms with Gasteiger partial charge in [-0.15, -0.1) is 0 Å². The van der Waals surface area contributed by atoms with E-state index in [-0.39, 0.29) is 12.8 Å². The fraction of sp³-hybridized carbons (Fsp3) is 0.846. The largest absolute Gasteiger partial charge is 0.480 e. The Morgan fingerprint density at radius 3 is 2.42 bits per heavy atom. The minimum absolute atomic E-state index is 0.0620. The van der Waals surface area contributed by atoms with Crippen molar-refractivity contribution in [1.29, 1.82) is 0 Å². The van der Waals surface area contributed by atoms with E-state index >= 15 is 0 Å². The fourth-order valence-corrected chi connectivity index (χ4v) is 5.35. The summed E-state index contributed by atoms with van der Waals surface area (Å²) in [7, 11) is 0.0620. The minimum atomic E-state index is -0.896. The van der Waals surface area contributed by atoms with Gasteiger partial charge in [0.2, 0.25) is 0 Å². The first-order valence-corrected chi connectivity index (χ1v) is 7.09. The van der Waals surface area contributed by atoms with Gasteiger partial charge in [0, 0.05) is 0 Å². The van der Waals surface area contributed by atoms with Crippen LogP contribution in [0.2, 0.25) is 0 Å². The zero-order valence-electron chi connectivity index (χ0n) is 11.0. The van der Waals surface area contributed by atoms with Gasteiger partial charge >= 0.3 is 5.97 Å². The van der Waals surface area contributed by atoms with Gasteiger partial charge in [0.1, 0.15) is 6.04 Å². The molecule has 4 fully saturated rings. The van der Waals surface area contributed by atoms with Crippen LogP contribution in [-0.4, -0.2) is 41.4 Å². The van der Waals surface area contributed by atoms with Crippen LogP contribution in [0.25, 0.3) is 0 Å². The Kier molecular flexibility index (Phi) is 2.98. The lowest BCUT2D eigenvalue weighted by molar-refractivity contribution is -0.181. The number of carboxylic acids is 1. The molecule has 4 aliphatic carbocycles. The summed E-state index contributed by atoms with van der Waals surface area (Å²) in [5.74, 6) is 0.00432. The molecule has 19 heavy (non-hydrogen) atoms. The molecule has 6 heteroatoms. The number of carboxylic acid groups (broad SMARTS) is 1. The van der Waals surface area contributed by atoms with Gasteiger partial charge in [-0.05, 0) is 55.8 Å². The zero-order valence-corrected chi connectivity index (χ0v) is 11.0. The summed E-state index contributed by atoms with van der Waals surface area (Å²) in [6.07, 6.45) is 5.78. The van der Waals surface area contributed by atoms with Gasteiger partial charge in [-0.3, -0.25) is 4.79 Å². The smallest absolute Gasteiger partial charge is 0.320 e. The predicted molar refractivity (Wildman–Crippen MR) is 70.5 cm³/mol. The second kappa shape index (κ2) is 4.31. The third-order valence-electron chi connectivity index (χ3n) is 5.34. The highest BCUT2D eigenvalue weighted by atomic mass is 16.4. The summed E-state index contributed by atoms with van der Waals surface area (Å²) in [6, 6.07) is -0.713. The summed E-state index contributed by atoms with van der Waals surface area (Å²) >= 11 is 0. The Labute approximate surface area is 113 Å². The molecule has 4 aliphatic rings. The molecule has 4 saturated carbocycles. The fourth-order valence-electron chi connectivity index (χ4n) is 5.35. The topological polar surface area (TPSA) is 86.6 Å². The second-order valence-corrected chi connectivity index (χ2v) is 6.89. The maximum atomic E-state index is 11.6. The number of carbonyl (C=O) groups excluding carboxylic acids is 1. The molecule has 0 aromatic rings. The van der Waals surface area contributed by atoms with Crippen LogP contribution in [-0.2, 0) is 9.59 Å². The van der Waals surface area contributed by atoms with E-state index in [4.69, 9.17) is 0 Å². The number of carbonyl (C=O) groups is 2. The maximum Gasteiger partial charge on any atom is 0.320 e. The molecule has 0 spiro atoms. The van der Waals surface area contributed by atoms with Gasteiger partial charge in [0.15, 0.2) is 0 Å². The molecule has 4 rings (SSSR count). The lowest BCUT2D eigenvalue weighted by atomic mass is 9.46. The number of hydrogen-bond donors (Lipinski definition) is 3. The molecular formula is C13H20BNO4. The Balaban J connectivity index is 1.88. The average Bonchev–Trinajstić information content (AvgIpc) is 2.24. The van der Waals surface area contributed by atoms with Crippen LogP contribution >= 0.6 is 0 Å². The molecule has 4 bridgehead atoms. The Morgan fingerprint density at radius 2 is 1.95 bits per heavy atom. The van der Waals surface area contributed by atoms with Crippen molar-refractivity contribution in [2.75, 3.05) is 0 Å². The van der Waals surface area contributed by atoms with E-state index in [1.807, 2.05) is 0 Å². The van der Waals surface area contributed by atoms with Gasteiger partial charge in [-0.25, -0.2) is 0 Å². The third kappa shape index (κ3) is 2.11. The van der Waals surface area contributed by atoms with Crippen molar-refractivity contribution < 1.29 is 19.8 Å². The number of rotatable bonds is 5. The van der Waals surface area contributed by atoms with Gasteiger partial charge in [-0.1, -0.05) is 0 Å². The molecule has 0 aromatic carbocycles. The first-order valence-electron chi connectivity index (χ1n) is 7.09. The van der Waals surface area contributed by atoms with Crippen LogP contribution in [0.1, 0.15) is 38.5 Å². The van der Waals surface area contributed by atoms with E-state index in [9.17, 15) is 19.8 Å². The highest BCUT2D eigenvalue weighted by molar-refractivity contribution is 6.64. The first-order chi connectivity index (χ1) is 8.96. The van der Waals surface area contributed by atoms with Crippen LogP contribution in [0.5, 0.6) is 0 Å². The van der Waals surface area contributed by atoms with Crippen LogP contribution in [0.3, 0.4) is 0 Å². The zero-order chi connectivity index (χ0) is 13.7. The van der Waals surface area contributed by atoms with Gasteiger partial charge in [-0.2, -0.15) is 0 Å².